The number of amides is 3. The Bertz CT molecular complexity index is 1070. The number of carbonyl (C=O) groups is 2. The molecule has 9 heteroatoms. The Labute approximate surface area is 178 Å². The van der Waals surface area contributed by atoms with E-state index >= 15 is 0 Å². The van der Waals surface area contributed by atoms with Crippen molar-refractivity contribution in [1.29, 1.82) is 0 Å². The fraction of sp³-hybridized carbons (Fsp3) is 0.136. The fourth-order valence-corrected chi connectivity index (χ4v) is 2.69. The Morgan fingerprint density at radius 3 is 2.45 bits per heavy atom. The van der Waals surface area contributed by atoms with Crippen LogP contribution in [-0.2, 0) is 6.67 Å². The molecule has 1 aromatic heterocycles. The second-order valence-electron chi connectivity index (χ2n) is 6.33. The number of hydrogen-bond donors (Lipinski definition) is 3. The third-order valence-electron chi connectivity index (χ3n) is 4.21. The highest BCUT2D eigenvalue weighted by atomic mass is 19.1. The van der Waals surface area contributed by atoms with E-state index < -0.39 is 12.7 Å². The minimum Gasteiger partial charge on any atom is -0.495 e. The molecule has 3 aromatic rings. The molecule has 0 aliphatic rings. The lowest BCUT2D eigenvalue weighted by Crippen LogP contribution is -2.19. The smallest absolute Gasteiger partial charge is 0.323 e. The summed E-state index contributed by atoms with van der Waals surface area (Å²) < 4.78 is 23.8. The number of anilines is 2. The molecule has 0 spiro atoms. The molecule has 0 radical (unpaired) electrons. The molecule has 0 bridgehead atoms. The van der Waals surface area contributed by atoms with Gasteiger partial charge in [0.1, 0.15) is 29.6 Å². The molecule has 0 unspecified atom stereocenters. The monoisotopic (exact) mass is 424 g/mol. The number of methoxy groups -OCH3 is 1. The van der Waals surface area contributed by atoms with Crippen molar-refractivity contribution in [3.8, 4) is 17.2 Å². The summed E-state index contributed by atoms with van der Waals surface area (Å²) in [5.41, 5.74) is 1.54. The molecule has 0 fully saturated rings. The number of rotatable bonds is 7. The largest absolute Gasteiger partial charge is 0.495 e. The van der Waals surface area contributed by atoms with Gasteiger partial charge in [0.2, 0.25) is 0 Å². The number of pyridine rings is 1. The van der Waals surface area contributed by atoms with Crippen LogP contribution in [0.25, 0.3) is 0 Å². The van der Waals surface area contributed by atoms with E-state index in [1.54, 1.807) is 42.5 Å². The summed E-state index contributed by atoms with van der Waals surface area (Å²) >= 11 is 0. The maximum atomic E-state index is 12.9. The minimum absolute atomic E-state index is 0.238. The molecule has 0 aliphatic heterocycles. The minimum atomic E-state index is -0.649. The Hall–Kier alpha value is -4.14. The van der Waals surface area contributed by atoms with Gasteiger partial charge < -0.3 is 25.4 Å². The van der Waals surface area contributed by atoms with Crippen molar-refractivity contribution >= 4 is 23.3 Å². The summed E-state index contributed by atoms with van der Waals surface area (Å²) in [5.74, 6) is 1.07. The number of alkyl halides is 1. The normalized spacial score (nSPS) is 10.2. The van der Waals surface area contributed by atoms with Gasteiger partial charge in [-0.2, -0.15) is 0 Å². The lowest BCUT2D eigenvalue weighted by molar-refractivity contribution is 0.0958. The lowest BCUT2D eigenvalue weighted by Gasteiger charge is -2.12. The Morgan fingerprint density at radius 1 is 1.00 bits per heavy atom. The summed E-state index contributed by atoms with van der Waals surface area (Å²) in [4.78, 5) is 28.0. The number of ether oxygens (including phenoxy) is 2. The van der Waals surface area contributed by atoms with E-state index in [9.17, 15) is 14.0 Å². The zero-order valence-electron chi connectivity index (χ0n) is 16.9. The van der Waals surface area contributed by atoms with Crippen LogP contribution in [-0.4, -0.2) is 31.1 Å². The van der Waals surface area contributed by atoms with Crippen molar-refractivity contribution in [2.75, 3.05) is 24.8 Å². The van der Waals surface area contributed by atoms with Crippen LogP contribution in [0.15, 0.2) is 60.8 Å². The molecule has 1 heterocycles. The van der Waals surface area contributed by atoms with Gasteiger partial charge in [-0.05, 0) is 48.0 Å². The van der Waals surface area contributed by atoms with Crippen LogP contribution in [0.4, 0.5) is 20.6 Å². The molecule has 3 rings (SSSR count). The molecule has 0 atom stereocenters. The SMILES string of the molecule is CNC(=O)c1cc(Oc2ccc(NC(=O)Nc3cc(CF)ccc3OC)cc2)ccn1. The number of hydrogen-bond acceptors (Lipinski definition) is 5. The van der Waals surface area contributed by atoms with Crippen molar-refractivity contribution in [2.45, 2.75) is 6.67 Å². The van der Waals surface area contributed by atoms with Crippen molar-refractivity contribution in [1.82, 2.24) is 10.3 Å². The first-order chi connectivity index (χ1) is 15.0. The second kappa shape index (κ2) is 10.1. The van der Waals surface area contributed by atoms with Crippen LogP contribution in [0, 0.1) is 0 Å². The quantitative estimate of drug-likeness (QED) is 0.523. The van der Waals surface area contributed by atoms with E-state index in [2.05, 4.69) is 20.9 Å². The number of urea groups is 1. The Morgan fingerprint density at radius 2 is 1.77 bits per heavy atom. The molecule has 0 saturated heterocycles. The zero-order chi connectivity index (χ0) is 22.2. The van der Waals surface area contributed by atoms with Crippen molar-refractivity contribution in [3.05, 3.63) is 72.1 Å². The van der Waals surface area contributed by atoms with E-state index in [1.807, 2.05) is 0 Å². The summed E-state index contributed by atoms with van der Waals surface area (Å²) in [6, 6.07) is 14.0. The maximum absolute atomic E-state index is 12.9. The van der Waals surface area contributed by atoms with E-state index in [-0.39, 0.29) is 11.6 Å². The van der Waals surface area contributed by atoms with E-state index in [1.165, 1.54) is 32.5 Å². The van der Waals surface area contributed by atoms with Crippen LogP contribution in [0.2, 0.25) is 0 Å². The van der Waals surface area contributed by atoms with Crippen molar-refractivity contribution in [2.24, 2.45) is 0 Å². The van der Waals surface area contributed by atoms with Gasteiger partial charge in [0.05, 0.1) is 12.8 Å². The fourth-order valence-electron chi connectivity index (χ4n) is 2.69. The van der Waals surface area contributed by atoms with Gasteiger partial charge in [0, 0.05) is 25.0 Å². The molecule has 3 amide bonds. The molecule has 2 aromatic carbocycles. The van der Waals surface area contributed by atoms with Crippen LogP contribution in [0.3, 0.4) is 0 Å². The zero-order valence-corrected chi connectivity index (χ0v) is 16.9. The van der Waals surface area contributed by atoms with E-state index in [0.717, 1.165) is 0 Å². The highest BCUT2D eigenvalue weighted by Crippen LogP contribution is 2.27. The number of aromatic nitrogens is 1. The van der Waals surface area contributed by atoms with Crippen LogP contribution in [0.5, 0.6) is 17.2 Å². The molecule has 31 heavy (non-hydrogen) atoms. The lowest BCUT2D eigenvalue weighted by atomic mass is 10.2. The number of halogens is 1. The predicted octanol–water partition coefficient (Wildman–Crippen LogP) is 4.36. The van der Waals surface area contributed by atoms with Gasteiger partial charge in [-0.3, -0.25) is 9.78 Å². The number of nitrogens with one attached hydrogen (secondary N) is 3. The molecule has 0 aliphatic carbocycles. The number of carbonyl (C=O) groups excluding carboxylic acids is 2. The summed E-state index contributed by atoms with van der Waals surface area (Å²) in [7, 11) is 2.99. The van der Waals surface area contributed by atoms with Gasteiger partial charge in [-0.1, -0.05) is 6.07 Å². The van der Waals surface area contributed by atoms with Gasteiger partial charge in [-0.15, -0.1) is 0 Å². The Kier molecular flexibility index (Phi) is 7.00. The van der Waals surface area contributed by atoms with Gasteiger partial charge >= 0.3 is 6.03 Å². The van der Waals surface area contributed by atoms with Crippen LogP contribution in [0.1, 0.15) is 16.1 Å². The topological polar surface area (TPSA) is 102 Å². The van der Waals surface area contributed by atoms with Gasteiger partial charge in [0.25, 0.3) is 5.91 Å². The van der Waals surface area contributed by atoms with Gasteiger partial charge in [-0.25, -0.2) is 9.18 Å². The standard InChI is InChI=1S/C22H21FN4O4/c1-24-21(28)19-12-17(9-10-25-19)31-16-6-4-15(5-7-16)26-22(29)27-18-11-14(13-23)3-8-20(18)30-2/h3-12H,13H2,1-2H3,(H,24,28)(H2,26,27,29). The molecule has 3 N–H and O–H groups in total. The van der Waals surface area contributed by atoms with Crippen molar-refractivity contribution < 1.29 is 23.5 Å². The first-order valence-corrected chi connectivity index (χ1v) is 9.29. The highest BCUT2D eigenvalue weighted by molar-refractivity contribution is 6.00. The second-order valence-corrected chi connectivity index (χ2v) is 6.33. The molecular formula is C22H21FN4O4. The van der Waals surface area contributed by atoms with Gasteiger partial charge in [0.15, 0.2) is 0 Å². The molecule has 0 saturated carbocycles. The first-order valence-electron chi connectivity index (χ1n) is 9.29. The first kappa shape index (κ1) is 21.6. The van der Waals surface area contributed by atoms with E-state index in [4.69, 9.17) is 9.47 Å². The van der Waals surface area contributed by atoms with E-state index in [0.29, 0.717) is 34.2 Å². The summed E-state index contributed by atoms with van der Waals surface area (Å²) in [6.45, 7) is -0.649. The average molecular weight is 424 g/mol. The van der Waals surface area contributed by atoms with Crippen molar-refractivity contribution in [3.63, 3.8) is 0 Å². The predicted molar refractivity (Wildman–Crippen MR) is 115 cm³/mol. The number of benzene rings is 2. The summed E-state index contributed by atoms with van der Waals surface area (Å²) in [5, 5.41) is 7.83. The third kappa shape index (κ3) is 5.69. The molecule has 8 nitrogen and oxygen atoms in total. The highest BCUT2D eigenvalue weighted by Gasteiger charge is 2.10. The maximum Gasteiger partial charge on any atom is 0.323 e. The van der Waals surface area contributed by atoms with Crippen LogP contribution >= 0.6 is 0 Å². The molecular weight excluding hydrogens is 403 g/mol. The summed E-state index contributed by atoms with van der Waals surface area (Å²) in [6.07, 6.45) is 1.48. The Balaban J connectivity index is 1.63. The van der Waals surface area contributed by atoms with Crippen LogP contribution < -0.4 is 25.4 Å². The average Bonchev–Trinajstić information content (AvgIpc) is 2.80. The third-order valence-corrected chi connectivity index (χ3v) is 4.21. The molecule has 160 valence electrons. The number of nitrogens with zero attached hydrogens (tertiary/aromatic N) is 1.